The third kappa shape index (κ3) is 3.89. The number of fused-ring (bicyclic) bond motifs is 1. The van der Waals surface area contributed by atoms with Crippen LogP contribution in [-0.4, -0.2) is 44.2 Å². The standard InChI is InChI=1S/C22H27ClN4O2S/c1-26(20(29)15-30-21-25-24-19-12-3-2-8-14-27(19)21)22(13-7-6-11-18(22)28)16-9-4-5-10-17(16)23/h4-5,9-10H,2-3,6-8,11-15H2,1H3/t22-/m0/s1. The van der Waals surface area contributed by atoms with Gasteiger partial charge in [0.2, 0.25) is 5.91 Å². The Balaban J connectivity index is 1.56. The van der Waals surface area contributed by atoms with E-state index in [4.69, 9.17) is 11.6 Å². The van der Waals surface area contributed by atoms with Crippen molar-refractivity contribution in [2.45, 2.75) is 68.6 Å². The molecule has 1 aliphatic heterocycles. The Kier molecular flexibility index (Phi) is 6.48. The smallest absolute Gasteiger partial charge is 0.233 e. The van der Waals surface area contributed by atoms with Crippen molar-refractivity contribution in [2.24, 2.45) is 0 Å². The molecule has 1 atom stereocenters. The number of aromatic nitrogens is 3. The first-order chi connectivity index (χ1) is 14.5. The van der Waals surface area contributed by atoms with Crippen LogP contribution in [0, 0.1) is 0 Å². The zero-order valence-corrected chi connectivity index (χ0v) is 18.8. The highest BCUT2D eigenvalue weighted by atomic mass is 35.5. The number of hydrogen-bond donors (Lipinski definition) is 0. The van der Waals surface area contributed by atoms with Crippen molar-refractivity contribution in [1.82, 2.24) is 19.7 Å². The third-order valence-electron chi connectivity index (χ3n) is 6.32. The number of carbonyl (C=O) groups is 2. The molecule has 1 aromatic heterocycles. The average Bonchev–Trinajstić information content (AvgIpc) is 2.98. The summed E-state index contributed by atoms with van der Waals surface area (Å²) in [5, 5.41) is 9.93. The molecule has 0 radical (unpaired) electrons. The number of rotatable bonds is 5. The Morgan fingerprint density at radius 1 is 1.17 bits per heavy atom. The average molecular weight is 447 g/mol. The number of benzene rings is 1. The van der Waals surface area contributed by atoms with Crippen molar-refractivity contribution in [1.29, 1.82) is 0 Å². The summed E-state index contributed by atoms with van der Waals surface area (Å²) in [4.78, 5) is 28.1. The number of ketones is 1. The normalized spacial score (nSPS) is 21.7. The zero-order chi connectivity index (χ0) is 21.1. The zero-order valence-electron chi connectivity index (χ0n) is 17.3. The van der Waals surface area contributed by atoms with Gasteiger partial charge in [-0.2, -0.15) is 0 Å². The van der Waals surface area contributed by atoms with Crippen LogP contribution >= 0.6 is 23.4 Å². The van der Waals surface area contributed by atoms with Crippen LogP contribution in [0.3, 0.4) is 0 Å². The summed E-state index contributed by atoms with van der Waals surface area (Å²) in [7, 11) is 1.74. The monoisotopic (exact) mass is 446 g/mol. The van der Waals surface area contributed by atoms with Gasteiger partial charge in [0.25, 0.3) is 0 Å². The molecule has 8 heteroatoms. The number of likely N-dealkylation sites (N-methyl/N-ethyl adjacent to an activating group) is 1. The summed E-state index contributed by atoms with van der Waals surface area (Å²) < 4.78 is 2.14. The molecule has 2 heterocycles. The number of carbonyl (C=O) groups excluding carboxylic acids is 2. The van der Waals surface area contributed by atoms with Crippen molar-refractivity contribution in [3.05, 3.63) is 40.7 Å². The molecule has 0 bridgehead atoms. The van der Waals surface area contributed by atoms with Crippen molar-refractivity contribution < 1.29 is 9.59 Å². The molecule has 6 nitrogen and oxygen atoms in total. The van der Waals surface area contributed by atoms with Crippen LogP contribution in [0.4, 0.5) is 0 Å². The number of amides is 1. The molecule has 2 aliphatic rings. The number of aryl methyl sites for hydroxylation is 1. The summed E-state index contributed by atoms with van der Waals surface area (Å²) in [5.41, 5.74) is -0.260. The highest BCUT2D eigenvalue weighted by Gasteiger charge is 2.47. The highest BCUT2D eigenvalue weighted by Crippen LogP contribution is 2.42. The van der Waals surface area contributed by atoms with Crippen LogP contribution in [0.15, 0.2) is 29.4 Å². The van der Waals surface area contributed by atoms with Crippen LogP contribution in [0.2, 0.25) is 5.02 Å². The lowest BCUT2D eigenvalue weighted by atomic mass is 9.74. The van der Waals surface area contributed by atoms with E-state index < -0.39 is 5.54 Å². The van der Waals surface area contributed by atoms with Crippen LogP contribution in [0.5, 0.6) is 0 Å². The van der Waals surface area contributed by atoms with E-state index in [9.17, 15) is 9.59 Å². The molecule has 1 aliphatic carbocycles. The van der Waals surface area contributed by atoms with Crippen LogP contribution in [0.1, 0.15) is 56.3 Å². The van der Waals surface area contributed by atoms with E-state index in [1.54, 1.807) is 18.0 Å². The molecular weight excluding hydrogens is 420 g/mol. The predicted octanol–water partition coefficient (Wildman–Crippen LogP) is 4.25. The first-order valence-electron chi connectivity index (χ1n) is 10.6. The maximum Gasteiger partial charge on any atom is 0.233 e. The molecule has 30 heavy (non-hydrogen) atoms. The molecule has 0 saturated heterocycles. The van der Waals surface area contributed by atoms with Crippen LogP contribution in [0.25, 0.3) is 0 Å². The van der Waals surface area contributed by atoms with Gasteiger partial charge in [-0.25, -0.2) is 0 Å². The summed E-state index contributed by atoms with van der Waals surface area (Å²) >= 11 is 7.90. The van der Waals surface area contributed by atoms with E-state index in [-0.39, 0.29) is 17.4 Å². The number of Topliss-reactive ketones (excluding diaryl/α,β-unsaturated/α-hetero) is 1. The summed E-state index contributed by atoms with van der Waals surface area (Å²) in [6.45, 7) is 0.900. The second kappa shape index (κ2) is 9.10. The topological polar surface area (TPSA) is 68.1 Å². The minimum atomic E-state index is -0.990. The highest BCUT2D eigenvalue weighted by molar-refractivity contribution is 7.99. The predicted molar refractivity (Wildman–Crippen MR) is 118 cm³/mol. The van der Waals surface area contributed by atoms with E-state index in [2.05, 4.69) is 14.8 Å². The van der Waals surface area contributed by atoms with Gasteiger partial charge in [0.15, 0.2) is 10.9 Å². The van der Waals surface area contributed by atoms with Gasteiger partial charge >= 0.3 is 0 Å². The fourth-order valence-corrected chi connectivity index (χ4v) is 5.82. The number of hydrogen-bond acceptors (Lipinski definition) is 5. The Labute approximate surface area is 186 Å². The van der Waals surface area contributed by atoms with Gasteiger partial charge in [0.05, 0.1) is 5.75 Å². The molecule has 1 aromatic carbocycles. The van der Waals surface area contributed by atoms with Gasteiger partial charge in [-0.05, 0) is 38.2 Å². The lowest BCUT2D eigenvalue weighted by molar-refractivity contribution is -0.146. The second-order valence-corrected chi connectivity index (χ2v) is 9.42. The van der Waals surface area contributed by atoms with E-state index in [0.29, 0.717) is 17.9 Å². The summed E-state index contributed by atoms with van der Waals surface area (Å²) in [5.74, 6) is 1.19. The third-order valence-corrected chi connectivity index (χ3v) is 7.60. The maximum atomic E-state index is 13.3. The minimum absolute atomic E-state index is 0.0686. The molecule has 0 unspecified atom stereocenters. The van der Waals surface area contributed by atoms with Gasteiger partial charge in [0.1, 0.15) is 11.4 Å². The molecule has 1 amide bonds. The first kappa shape index (κ1) is 21.4. The SMILES string of the molecule is CN(C(=O)CSc1nnc2n1CCCCC2)[C@]1(c2ccccc2Cl)CCCCC1=O. The second-order valence-electron chi connectivity index (χ2n) is 8.07. The van der Waals surface area contributed by atoms with E-state index >= 15 is 0 Å². The molecule has 1 fully saturated rings. The van der Waals surface area contributed by atoms with Gasteiger partial charge < -0.3 is 9.47 Å². The largest absolute Gasteiger partial charge is 0.328 e. The quantitative estimate of drug-likeness (QED) is 0.642. The van der Waals surface area contributed by atoms with Gasteiger partial charge in [-0.15, -0.1) is 10.2 Å². The Morgan fingerprint density at radius 2 is 1.97 bits per heavy atom. The summed E-state index contributed by atoms with van der Waals surface area (Å²) in [6, 6.07) is 7.39. The minimum Gasteiger partial charge on any atom is -0.328 e. The van der Waals surface area contributed by atoms with Crippen molar-refractivity contribution in [3.63, 3.8) is 0 Å². The molecule has 0 N–H and O–H groups in total. The number of halogens is 1. The van der Waals surface area contributed by atoms with Gasteiger partial charge in [0, 0.05) is 37.0 Å². The van der Waals surface area contributed by atoms with Crippen LogP contribution < -0.4 is 0 Å². The van der Waals surface area contributed by atoms with Crippen molar-refractivity contribution >= 4 is 35.1 Å². The number of thioether (sulfide) groups is 1. The van der Waals surface area contributed by atoms with E-state index in [1.165, 1.54) is 18.2 Å². The lowest BCUT2D eigenvalue weighted by Gasteiger charge is -2.44. The lowest BCUT2D eigenvalue weighted by Crippen LogP contribution is -2.54. The van der Waals surface area contributed by atoms with Gasteiger partial charge in [-0.1, -0.05) is 48.0 Å². The molecule has 160 valence electrons. The maximum absolute atomic E-state index is 13.3. The molecule has 2 aromatic rings. The molecule has 0 spiro atoms. The first-order valence-corrected chi connectivity index (χ1v) is 12.0. The Bertz CT molecular complexity index is 947. The Morgan fingerprint density at radius 3 is 2.77 bits per heavy atom. The molecular formula is C22H27ClN4O2S. The molecule has 1 saturated carbocycles. The van der Waals surface area contributed by atoms with E-state index in [0.717, 1.165) is 55.2 Å². The van der Waals surface area contributed by atoms with Crippen molar-refractivity contribution in [3.8, 4) is 0 Å². The summed E-state index contributed by atoms with van der Waals surface area (Å²) in [6.07, 6.45) is 7.18. The fraction of sp³-hybridized carbons (Fsp3) is 0.545. The number of nitrogens with zero attached hydrogens (tertiary/aromatic N) is 4. The van der Waals surface area contributed by atoms with E-state index in [1.807, 2.05) is 18.2 Å². The molecule has 4 rings (SSSR count). The fourth-order valence-electron chi connectivity index (χ4n) is 4.63. The van der Waals surface area contributed by atoms with Crippen LogP contribution in [-0.2, 0) is 28.1 Å². The Hall–Kier alpha value is -1.86. The van der Waals surface area contributed by atoms with Crippen molar-refractivity contribution in [2.75, 3.05) is 12.8 Å². The van der Waals surface area contributed by atoms with Gasteiger partial charge in [-0.3, -0.25) is 9.59 Å².